The van der Waals surface area contributed by atoms with Crippen LogP contribution in [0.25, 0.3) is 0 Å². The SMILES string of the molecule is CC(C)CCNC(=O)C(C(N)=NO)C(C)C. The van der Waals surface area contributed by atoms with Crippen LogP contribution >= 0.6 is 0 Å². The van der Waals surface area contributed by atoms with E-state index in [9.17, 15) is 4.79 Å². The molecule has 0 spiro atoms. The zero-order chi connectivity index (χ0) is 12.7. The van der Waals surface area contributed by atoms with E-state index in [-0.39, 0.29) is 17.7 Å². The molecular weight excluding hydrogens is 206 g/mol. The van der Waals surface area contributed by atoms with E-state index in [1.54, 1.807) is 0 Å². The lowest BCUT2D eigenvalue weighted by molar-refractivity contribution is -0.124. The number of amidine groups is 1. The maximum Gasteiger partial charge on any atom is 0.231 e. The van der Waals surface area contributed by atoms with Crippen LogP contribution in [0, 0.1) is 17.8 Å². The number of nitrogens with one attached hydrogen (secondary N) is 1. The Balaban J connectivity index is 4.30. The van der Waals surface area contributed by atoms with Crippen molar-refractivity contribution in [2.75, 3.05) is 6.54 Å². The molecule has 0 bridgehead atoms. The predicted molar refractivity (Wildman–Crippen MR) is 64.2 cm³/mol. The number of carbonyl (C=O) groups excluding carboxylic acids is 1. The van der Waals surface area contributed by atoms with Gasteiger partial charge in [0.05, 0.1) is 0 Å². The van der Waals surface area contributed by atoms with Crippen LogP contribution < -0.4 is 11.1 Å². The zero-order valence-corrected chi connectivity index (χ0v) is 10.5. The second-order valence-corrected chi connectivity index (χ2v) is 4.72. The summed E-state index contributed by atoms with van der Waals surface area (Å²) in [7, 11) is 0. The van der Waals surface area contributed by atoms with E-state index in [0.29, 0.717) is 12.5 Å². The Kier molecular flexibility index (Phi) is 6.53. The number of hydrogen-bond acceptors (Lipinski definition) is 3. The molecule has 0 radical (unpaired) electrons. The van der Waals surface area contributed by atoms with Crippen LogP contribution in [0.15, 0.2) is 5.16 Å². The molecule has 0 aliphatic rings. The minimum atomic E-state index is -0.558. The molecule has 0 saturated heterocycles. The lowest BCUT2D eigenvalue weighted by Crippen LogP contribution is -2.42. The summed E-state index contributed by atoms with van der Waals surface area (Å²) in [6, 6.07) is 0. The molecule has 5 nitrogen and oxygen atoms in total. The van der Waals surface area contributed by atoms with Gasteiger partial charge >= 0.3 is 0 Å². The summed E-state index contributed by atoms with van der Waals surface area (Å²) in [5.41, 5.74) is 5.49. The van der Waals surface area contributed by atoms with Gasteiger partial charge in [-0.15, -0.1) is 0 Å². The molecule has 5 heteroatoms. The lowest BCUT2D eigenvalue weighted by Gasteiger charge is -2.19. The second-order valence-electron chi connectivity index (χ2n) is 4.72. The number of oxime groups is 1. The molecule has 0 aromatic rings. The fourth-order valence-corrected chi connectivity index (χ4v) is 1.43. The number of nitrogens with two attached hydrogens (primary N) is 1. The van der Waals surface area contributed by atoms with Gasteiger partial charge in [0, 0.05) is 6.54 Å². The predicted octanol–water partition coefficient (Wildman–Crippen LogP) is 1.17. The van der Waals surface area contributed by atoms with Gasteiger partial charge in [-0.05, 0) is 18.3 Å². The Bertz CT molecular complexity index is 250. The van der Waals surface area contributed by atoms with Crippen molar-refractivity contribution >= 4 is 11.7 Å². The van der Waals surface area contributed by atoms with E-state index in [1.165, 1.54) is 0 Å². The molecule has 0 rings (SSSR count). The summed E-state index contributed by atoms with van der Waals surface area (Å²) >= 11 is 0. The fourth-order valence-electron chi connectivity index (χ4n) is 1.43. The minimum Gasteiger partial charge on any atom is -0.409 e. The number of amides is 1. The zero-order valence-electron chi connectivity index (χ0n) is 10.5. The van der Waals surface area contributed by atoms with E-state index in [1.807, 2.05) is 13.8 Å². The molecule has 0 heterocycles. The van der Waals surface area contributed by atoms with Crippen LogP contribution in [0.1, 0.15) is 34.1 Å². The van der Waals surface area contributed by atoms with E-state index < -0.39 is 5.92 Å². The maximum atomic E-state index is 11.8. The van der Waals surface area contributed by atoms with Gasteiger partial charge in [0.2, 0.25) is 5.91 Å². The average molecular weight is 229 g/mol. The van der Waals surface area contributed by atoms with Gasteiger partial charge in [-0.25, -0.2) is 0 Å². The van der Waals surface area contributed by atoms with Crippen molar-refractivity contribution in [2.45, 2.75) is 34.1 Å². The molecule has 0 aliphatic heterocycles. The van der Waals surface area contributed by atoms with Crippen molar-refractivity contribution in [1.82, 2.24) is 5.32 Å². The topological polar surface area (TPSA) is 87.7 Å². The van der Waals surface area contributed by atoms with Crippen molar-refractivity contribution in [2.24, 2.45) is 28.6 Å². The Morgan fingerprint density at radius 2 is 1.94 bits per heavy atom. The first-order valence-electron chi connectivity index (χ1n) is 5.65. The Labute approximate surface area is 97.1 Å². The maximum absolute atomic E-state index is 11.8. The van der Waals surface area contributed by atoms with Crippen LogP contribution in [0.2, 0.25) is 0 Å². The van der Waals surface area contributed by atoms with E-state index in [2.05, 4.69) is 24.3 Å². The molecule has 0 aromatic heterocycles. The summed E-state index contributed by atoms with van der Waals surface area (Å²) in [6.07, 6.45) is 0.923. The Morgan fingerprint density at radius 3 is 2.31 bits per heavy atom. The summed E-state index contributed by atoms with van der Waals surface area (Å²) in [4.78, 5) is 11.8. The molecule has 94 valence electrons. The van der Waals surface area contributed by atoms with Crippen molar-refractivity contribution in [3.8, 4) is 0 Å². The molecule has 0 aliphatic carbocycles. The first-order valence-corrected chi connectivity index (χ1v) is 5.65. The molecule has 1 unspecified atom stereocenters. The normalized spacial score (nSPS) is 14.2. The number of rotatable bonds is 6. The van der Waals surface area contributed by atoms with Crippen LogP contribution in [-0.2, 0) is 4.79 Å². The first kappa shape index (κ1) is 14.7. The fraction of sp³-hybridized carbons (Fsp3) is 0.818. The summed E-state index contributed by atoms with van der Waals surface area (Å²) in [5, 5.41) is 14.3. The number of hydrogen-bond donors (Lipinski definition) is 3. The Morgan fingerprint density at radius 1 is 1.38 bits per heavy atom. The minimum absolute atomic E-state index is 0.00921. The van der Waals surface area contributed by atoms with Gasteiger partial charge in [-0.2, -0.15) is 0 Å². The third kappa shape index (κ3) is 5.00. The monoisotopic (exact) mass is 229 g/mol. The molecular formula is C11H23N3O2. The van der Waals surface area contributed by atoms with Crippen molar-refractivity contribution in [3.05, 3.63) is 0 Å². The molecule has 16 heavy (non-hydrogen) atoms. The smallest absolute Gasteiger partial charge is 0.231 e. The van der Waals surface area contributed by atoms with E-state index in [0.717, 1.165) is 6.42 Å². The molecule has 4 N–H and O–H groups in total. The van der Waals surface area contributed by atoms with Gasteiger partial charge in [-0.3, -0.25) is 4.79 Å². The van der Waals surface area contributed by atoms with Crippen LogP contribution in [0.5, 0.6) is 0 Å². The molecule has 0 saturated carbocycles. The highest BCUT2D eigenvalue weighted by molar-refractivity contribution is 6.02. The highest BCUT2D eigenvalue weighted by atomic mass is 16.4. The van der Waals surface area contributed by atoms with Crippen LogP contribution in [0.4, 0.5) is 0 Å². The third-order valence-electron chi connectivity index (χ3n) is 2.40. The largest absolute Gasteiger partial charge is 0.409 e. The van der Waals surface area contributed by atoms with Crippen molar-refractivity contribution in [1.29, 1.82) is 0 Å². The number of carbonyl (C=O) groups is 1. The standard InChI is InChI=1S/C11H23N3O2/c1-7(2)5-6-13-11(15)9(8(3)4)10(12)14-16/h7-9,16H,5-6H2,1-4H3,(H2,12,14)(H,13,15). The highest BCUT2D eigenvalue weighted by Crippen LogP contribution is 2.11. The van der Waals surface area contributed by atoms with Crippen molar-refractivity contribution < 1.29 is 10.0 Å². The molecule has 1 atom stereocenters. The van der Waals surface area contributed by atoms with E-state index in [4.69, 9.17) is 10.9 Å². The quantitative estimate of drug-likeness (QED) is 0.276. The van der Waals surface area contributed by atoms with Gasteiger partial charge < -0.3 is 16.3 Å². The Hall–Kier alpha value is -1.26. The van der Waals surface area contributed by atoms with Crippen LogP contribution in [-0.4, -0.2) is 23.5 Å². The number of nitrogens with zero attached hydrogens (tertiary/aromatic N) is 1. The lowest BCUT2D eigenvalue weighted by atomic mass is 9.94. The van der Waals surface area contributed by atoms with Gasteiger partial charge in [0.1, 0.15) is 5.92 Å². The highest BCUT2D eigenvalue weighted by Gasteiger charge is 2.26. The van der Waals surface area contributed by atoms with Gasteiger partial charge in [0.25, 0.3) is 0 Å². The summed E-state index contributed by atoms with van der Waals surface area (Å²) in [5.74, 6) is -0.211. The summed E-state index contributed by atoms with van der Waals surface area (Å²) < 4.78 is 0. The summed E-state index contributed by atoms with van der Waals surface area (Å²) in [6.45, 7) is 8.54. The van der Waals surface area contributed by atoms with E-state index >= 15 is 0 Å². The average Bonchev–Trinajstić information content (AvgIpc) is 2.16. The van der Waals surface area contributed by atoms with Crippen LogP contribution in [0.3, 0.4) is 0 Å². The third-order valence-corrected chi connectivity index (χ3v) is 2.40. The molecule has 1 amide bonds. The van der Waals surface area contributed by atoms with Crippen molar-refractivity contribution in [3.63, 3.8) is 0 Å². The van der Waals surface area contributed by atoms with Gasteiger partial charge in [-0.1, -0.05) is 32.9 Å². The molecule has 0 aromatic carbocycles. The first-order chi connectivity index (χ1) is 7.40. The molecule has 0 fully saturated rings. The van der Waals surface area contributed by atoms with Gasteiger partial charge in [0.15, 0.2) is 5.84 Å². The second kappa shape index (κ2) is 7.09.